The van der Waals surface area contributed by atoms with Crippen molar-refractivity contribution in [1.29, 1.82) is 0 Å². The molecule has 0 atom stereocenters. The number of pyridine rings is 1. The number of rotatable bonds is 2. The van der Waals surface area contributed by atoms with Gasteiger partial charge in [-0.3, -0.25) is 4.99 Å². The summed E-state index contributed by atoms with van der Waals surface area (Å²) in [5, 5.41) is 3.36. The molecule has 1 aromatic rings. The van der Waals surface area contributed by atoms with Crippen LogP contribution in [0.25, 0.3) is 0 Å². The van der Waals surface area contributed by atoms with Crippen LogP contribution in [0.5, 0.6) is 0 Å². The molecule has 0 unspecified atom stereocenters. The minimum absolute atomic E-state index is 0.328. The van der Waals surface area contributed by atoms with Gasteiger partial charge >= 0.3 is 0 Å². The largest absolute Gasteiger partial charge is 0.369 e. The zero-order valence-electron chi connectivity index (χ0n) is 10.0. The van der Waals surface area contributed by atoms with Crippen molar-refractivity contribution in [2.45, 2.75) is 19.9 Å². The smallest absolute Gasteiger partial charge is 0.127 e. The molecule has 0 saturated carbocycles. The predicted octanol–water partition coefficient (Wildman–Crippen LogP) is 0.733. The summed E-state index contributed by atoms with van der Waals surface area (Å²) in [4.78, 5) is 10.1. The van der Waals surface area contributed by atoms with Crippen molar-refractivity contribution in [3.8, 4) is 0 Å². The number of aromatic nitrogens is 1. The summed E-state index contributed by atoms with van der Waals surface area (Å²) in [6, 6.07) is 4.57. The quantitative estimate of drug-likeness (QED) is 0.772. The molecule has 1 fully saturated rings. The van der Waals surface area contributed by atoms with Crippen LogP contribution in [0.3, 0.4) is 0 Å². The summed E-state index contributed by atoms with van der Waals surface area (Å²) in [6.45, 7) is 8.46. The summed E-state index contributed by atoms with van der Waals surface area (Å²) >= 11 is 0. The van der Waals surface area contributed by atoms with Gasteiger partial charge < -0.3 is 15.2 Å². The first-order valence-corrected chi connectivity index (χ1v) is 5.94. The van der Waals surface area contributed by atoms with Crippen LogP contribution in [0.2, 0.25) is 0 Å². The van der Waals surface area contributed by atoms with Crippen molar-refractivity contribution < 1.29 is 0 Å². The van der Waals surface area contributed by atoms with Crippen molar-refractivity contribution in [3.63, 3.8) is 0 Å². The maximum Gasteiger partial charge on any atom is 0.127 e. The van der Waals surface area contributed by atoms with Gasteiger partial charge in [0.25, 0.3) is 0 Å². The number of anilines is 1. The average Bonchev–Trinajstić information content (AvgIpc) is 2.30. The first-order valence-electron chi connectivity index (χ1n) is 5.94. The molecule has 0 amide bonds. The summed E-state index contributed by atoms with van der Waals surface area (Å²) in [5.41, 5.74) is 2.23. The maximum absolute atomic E-state index is 4.52. The number of piperazine rings is 1. The lowest BCUT2D eigenvalue weighted by atomic mass is 10.3. The highest BCUT2D eigenvalue weighted by molar-refractivity contribution is 5.44. The van der Waals surface area contributed by atoms with E-state index in [1.165, 1.54) is 5.69 Å². The van der Waals surface area contributed by atoms with E-state index in [2.05, 4.69) is 46.2 Å². The first kappa shape index (κ1) is 11.2. The lowest BCUT2D eigenvalue weighted by molar-refractivity contribution is 0.588. The number of nitrogens with zero attached hydrogens (tertiary/aromatic N) is 2. The normalized spacial score (nSPS) is 18.2. The monoisotopic (exact) mass is 220 g/mol. The van der Waals surface area contributed by atoms with Crippen molar-refractivity contribution in [2.24, 2.45) is 4.99 Å². The molecule has 0 bridgehead atoms. The second-order valence-electron chi connectivity index (χ2n) is 4.39. The first-order chi connectivity index (χ1) is 7.75. The van der Waals surface area contributed by atoms with Gasteiger partial charge in [-0.15, -0.1) is 0 Å². The van der Waals surface area contributed by atoms with Gasteiger partial charge in [0, 0.05) is 50.2 Å². The second-order valence-corrected chi connectivity index (χ2v) is 4.39. The van der Waals surface area contributed by atoms with Crippen LogP contribution in [-0.2, 0) is 0 Å². The van der Waals surface area contributed by atoms with Crippen molar-refractivity contribution in [1.82, 2.24) is 10.3 Å². The van der Waals surface area contributed by atoms with E-state index < -0.39 is 0 Å². The van der Waals surface area contributed by atoms with Crippen LogP contribution < -0.4 is 15.7 Å². The zero-order valence-corrected chi connectivity index (χ0v) is 10.0. The Balaban J connectivity index is 2.21. The van der Waals surface area contributed by atoms with Crippen LogP contribution in [0.1, 0.15) is 13.8 Å². The minimum atomic E-state index is 0.328. The Morgan fingerprint density at radius 3 is 2.75 bits per heavy atom. The van der Waals surface area contributed by atoms with Gasteiger partial charge in [0.15, 0.2) is 0 Å². The van der Waals surface area contributed by atoms with Crippen molar-refractivity contribution in [2.75, 3.05) is 31.1 Å². The van der Waals surface area contributed by atoms with E-state index in [-0.39, 0.29) is 0 Å². The predicted molar refractivity (Wildman–Crippen MR) is 66.6 cm³/mol. The summed E-state index contributed by atoms with van der Waals surface area (Å²) < 4.78 is 0. The molecule has 1 aromatic heterocycles. The molecule has 2 rings (SSSR count). The molecule has 0 radical (unpaired) electrons. The van der Waals surface area contributed by atoms with E-state index in [9.17, 15) is 0 Å². The fourth-order valence-electron chi connectivity index (χ4n) is 1.91. The van der Waals surface area contributed by atoms with E-state index in [0.29, 0.717) is 6.04 Å². The average molecular weight is 220 g/mol. The van der Waals surface area contributed by atoms with Crippen molar-refractivity contribution in [3.05, 3.63) is 23.8 Å². The molecular formula is C12H20N4. The van der Waals surface area contributed by atoms with E-state index in [4.69, 9.17) is 0 Å². The topological polar surface area (TPSA) is 43.4 Å². The third kappa shape index (κ3) is 2.85. The highest BCUT2D eigenvalue weighted by atomic mass is 15.2. The third-order valence-electron chi connectivity index (χ3n) is 2.65. The van der Waals surface area contributed by atoms with Gasteiger partial charge in [-0.1, -0.05) is 0 Å². The lowest BCUT2D eigenvalue weighted by Gasteiger charge is -2.29. The van der Waals surface area contributed by atoms with E-state index in [1.54, 1.807) is 0 Å². The molecule has 1 aliphatic rings. The third-order valence-corrected chi connectivity index (χ3v) is 2.65. The van der Waals surface area contributed by atoms with Gasteiger partial charge in [-0.2, -0.15) is 0 Å². The van der Waals surface area contributed by atoms with Crippen LogP contribution >= 0.6 is 0 Å². The SMILES string of the molecule is CC(C)/N=c1/cc(N2CCNCC2)cc[nH]1. The Hall–Kier alpha value is -1.29. The van der Waals surface area contributed by atoms with Crippen LogP contribution in [-0.4, -0.2) is 37.2 Å². The molecule has 1 saturated heterocycles. The minimum Gasteiger partial charge on any atom is -0.369 e. The van der Waals surface area contributed by atoms with Crippen LogP contribution in [0.15, 0.2) is 23.3 Å². The van der Waals surface area contributed by atoms with E-state index in [1.807, 2.05) is 6.20 Å². The summed E-state index contributed by atoms with van der Waals surface area (Å²) in [7, 11) is 0. The van der Waals surface area contributed by atoms with Gasteiger partial charge in [0.1, 0.15) is 5.49 Å². The molecule has 0 aliphatic carbocycles. The Bertz CT molecular complexity index is 388. The molecule has 1 aliphatic heterocycles. The Morgan fingerprint density at radius 1 is 1.31 bits per heavy atom. The molecule has 2 N–H and O–H groups in total. The molecule has 0 spiro atoms. The van der Waals surface area contributed by atoms with E-state index in [0.717, 1.165) is 31.7 Å². The van der Waals surface area contributed by atoms with Gasteiger partial charge in [0.05, 0.1) is 0 Å². The second kappa shape index (κ2) is 5.16. The fourth-order valence-corrected chi connectivity index (χ4v) is 1.91. The standard InChI is InChI=1S/C12H20N4/c1-10(2)15-12-9-11(3-4-14-12)16-7-5-13-6-8-16/h3-4,9-10,13H,5-8H2,1-2H3,(H,14,15). The number of hydrogen-bond acceptors (Lipinski definition) is 3. The maximum atomic E-state index is 4.52. The van der Waals surface area contributed by atoms with Crippen LogP contribution in [0.4, 0.5) is 5.69 Å². The molecule has 0 aromatic carbocycles. The number of nitrogens with one attached hydrogen (secondary N) is 2. The van der Waals surface area contributed by atoms with E-state index >= 15 is 0 Å². The van der Waals surface area contributed by atoms with Crippen molar-refractivity contribution >= 4 is 5.69 Å². The molecule has 16 heavy (non-hydrogen) atoms. The number of hydrogen-bond donors (Lipinski definition) is 2. The number of H-pyrrole nitrogens is 1. The highest BCUT2D eigenvalue weighted by Crippen LogP contribution is 2.10. The van der Waals surface area contributed by atoms with Gasteiger partial charge in [-0.05, 0) is 19.9 Å². The van der Waals surface area contributed by atoms with Crippen LogP contribution in [0, 0.1) is 0 Å². The fraction of sp³-hybridized carbons (Fsp3) is 0.583. The summed E-state index contributed by atoms with van der Waals surface area (Å²) in [5.74, 6) is 0. The molecular weight excluding hydrogens is 200 g/mol. The Labute approximate surface area is 96.4 Å². The van der Waals surface area contributed by atoms with Gasteiger partial charge in [0.2, 0.25) is 0 Å². The Kier molecular flexibility index (Phi) is 3.62. The zero-order chi connectivity index (χ0) is 11.4. The van der Waals surface area contributed by atoms with Gasteiger partial charge in [-0.25, -0.2) is 0 Å². The molecule has 4 heteroatoms. The lowest BCUT2D eigenvalue weighted by Crippen LogP contribution is -2.43. The highest BCUT2D eigenvalue weighted by Gasteiger charge is 2.09. The number of aromatic amines is 1. The Morgan fingerprint density at radius 2 is 2.06 bits per heavy atom. The molecule has 4 nitrogen and oxygen atoms in total. The molecule has 2 heterocycles. The molecule has 88 valence electrons. The summed E-state index contributed by atoms with van der Waals surface area (Å²) in [6.07, 6.45) is 1.97.